The molecule has 2 saturated heterocycles. The number of rotatable bonds is 4. The molecule has 2 fully saturated rings. The number of hydrogen-bond donors (Lipinski definition) is 2. The SMILES string of the molecule is N#Cc1cccc(NC(=O)Nc2ccc(N3CCCC3)c(C(=O)N3CCCC3)c2)c1. The highest BCUT2D eigenvalue weighted by Gasteiger charge is 2.25. The van der Waals surface area contributed by atoms with Crippen molar-refractivity contribution in [1.29, 1.82) is 5.26 Å². The summed E-state index contributed by atoms with van der Waals surface area (Å²) in [7, 11) is 0. The van der Waals surface area contributed by atoms with E-state index in [-0.39, 0.29) is 5.91 Å². The third-order valence-electron chi connectivity index (χ3n) is 5.57. The van der Waals surface area contributed by atoms with E-state index in [9.17, 15) is 9.59 Å². The van der Waals surface area contributed by atoms with E-state index >= 15 is 0 Å². The van der Waals surface area contributed by atoms with Crippen molar-refractivity contribution in [2.45, 2.75) is 25.7 Å². The predicted molar refractivity (Wildman–Crippen MR) is 117 cm³/mol. The van der Waals surface area contributed by atoms with Crippen molar-refractivity contribution in [1.82, 2.24) is 4.90 Å². The van der Waals surface area contributed by atoms with Crippen LogP contribution in [-0.4, -0.2) is 43.0 Å². The molecule has 2 heterocycles. The summed E-state index contributed by atoms with van der Waals surface area (Å²) < 4.78 is 0. The van der Waals surface area contributed by atoms with Gasteiger partial charge >= 0.3 is 6.03 Å². The first kappa shape index (κ1) is 19.8. The molecule has 7 nitrogen and oxygen atoms in total. The van der Waals surface area contributed by atoms with E-state index < -0.39 is 6.03 Å². The number of nitrogens with zero attached hydrogens (tertiary/aromatic N) is 3. The maximum absolute atomic E-state index is 13.2. The zero-order valence-corrected chi connectivity index (χ0v) is 16.9. The number of benzene rings is 2. The summed E-state index contributed by atoms with van der Waals surface area (Å²) in [5.41, 5.74) is 3.16. The number of carbonyl (C=O) groups is 2. The van der Waals surface area contributed by atoms with Gasteiger partial charge in [-0.1, -0.05) is 6.07 Å². The maximum Gasteiger partial charge on any atom is 0.323 e. The number of likely N-dealkylation sites (tertiary alicyclic amines) is 1. The molecule has 2 aliphatic heterocycles. The third kappa shape index (κ3) is 4.38. The van der Waals surface area contributed by atoms with Gasteiger partial charge in [-0.15, -0.1) is 0 Å². The molecule has 0 atom stereocenters. The molecule has 2 aliphatic rings. The fraction of sp³-hybridized carbons (Fsp3) is 0.348. The zero-order valence-electron chi connectivity index (χ0n) is 16.9. The standard InChI is InChI=1S/C23H25N5O2/c24-16-17-6-5-7-18(14-17)25-23(30)26-19-8-9-21(27-10-1-2-11-27)20(15-19)22(29)28-12-3-4-13-28/h5-9,14-15H,1-4,10-13H2,(H2,25,26,30). The Morgan fingerprint density at radius 1 is 0.867 bits per heavy atom. The quantitative estimate of drug-likeness (QED) is 0.806. The molecule has 4 rings (SSSR count). The summed E-state index contributed by atoms with van der Waals surface area (Å²) in [6, 6.07) is 13.9. The molecule has 0 spiro atoms. The molecule has 0 aliphatic carbocycles. The highest BCUT2D eigenvalue weighted by molar-refractivity contribution is 6.04. The number of hydrogen-bond acceptors (Lipinski definition) is 4. The molecule has 154 valence electrons. The van der Waals surface area contributed by atoms with Gasteiger partial charge in [0.25, 0.3) is 5.91 Å². The Kier molecular flexibility index (Phi) is 5.84. The molecule has 3 amide bonds. The molecule has 0 unspecified atom stereocenters. The van der Waals surface area contributed by atoms with Crippen LogP contribution in [0.5, 0.6) is 0 Å². The van der Waals surface area contributed by atoms with Crippen LogP contribution in [0.2, 0.25) is 0 Å². The number of anilines is 3. The Labute approximate surface area is 176 Å². The van der Waals surface area contributed by atoms with Gasteiger partial charge in [-0.3, -0.25) is 4.79 Å². The van der Waals surface area contributed by atoms with Gasteiger partial charge in [0.1, 0.15) is 0 Å². The molecule has 0 aromatic heterocycles. The maximum atomic E-state index is 13.2. The lowest BCUT2D eigenvalue weighted by Gasteiger charge is -2.24. The summed E-state index contributed by atoms with van der Waals surface area (Å²) in [6.07, 6.45) is 4.32. The first-order chi connectivity index (χ1) is 14.6. The number of nitriles is 1. The number of urea groups is 1. The minimum absolute atomic E-state index is 0.0279. The van der Waals surface area contributed by atoms with Gasteiger partial charge in [0.2, 0.25) is 0 Å². The van der Waals surface area contributed by atoms with E-state index in [1.807, 2.05) is 17.0 Å². The van der Waals surface area contributed by atoms with Crippen LogP contribution in [0.4, 0.5) is 21.9 Å². The highest BCUT2D eigenvalue weighted by Crippen LogP contribution is 2.29. The first-order valence-electron chi connectivity index (χ1n) is 10.4. The number of carbonyl (C=O) groups excluding carboxylic acids is 2. The van der Waals surface area contributed by atoms with Crippen molar-refractivity contribution in [3.63, 3.8) is 0 Å². The van der Waals surface area contributed by atoms with Crippen molar-refractivity contribution in [3.05, 3.63) is 53.6 Å². The van der Waals surface area contributed by atoms with E-state index in [1.54, 1.807) is 30.3 Å². The summed E-state index contributed by atoms with van der Waals surface area (Å²) in [5, 5.41) is 14.5. The van der Waals surface area contributed by atoms with E-state index in [0.717, 1.165) is 57.5 Å². The summed E-state index contributed by atoms with van der Waals surface area (Å²) in [4.78, 5) is 29.8. The summed E-state index contributed by atoms with van der Waals surface area (Å²) in [5.74, 6) is 0.0279. The predicted octanol–water partition coefficient (Wildman–Crippen LogP) is 4.04. The van der Waals surface area contributed by atoms with Gasteiger partial charge in [0, 0.05) is 43.2 Å². The monoisotopic (exact) mass is 403 g/mol. The van der Waals surface area contributed by atoms with Crippen molar-refractivity contribution in [2.24, 2.45) is 0 Å². The summed E-state index contributed by atoms with van der Waals surface area (Å²) in [6.45, 7) is 3.46. The highest BCUT2D eigenvalue weighted by atomic mass is 16.2. The van der Waals surface area contributed by atoms with Crippen LogP contribution in [0.25, 0.3) is 0 Å². The fourth-order valence-corrected chi connectivity index (χ4v) is 4.07. The Bertz CT molecular complexity index is 985. The fourth-order valence-electron chi connectivity index (χ4n) is 4.07. The minimum Gasteiger partial charge on any atom is -0.371 e. The van der Waals surface area contributed by atoms with Crippen molar-refractivity contribution in [2.75, 3.05) is 41.7 Å². The molecule has 0 bridgehead atoms. The van der Waals surface area contributed by atoms with Gasteiger partial charge < -0.3 is 20.4 Å². The van der Waals surface area contributed by atoms with Gasteiger partial charge in [-0.05, 0) is 62.1 Å². The Balaban J connectivity index is 1.54. The normalized spacial score (nSPS) is 15.7. The van der Waals surface area contributed by atoms with Crippen molar-refractivity contribution < 1.29 is 9.59 Å². The summed E-state index contributed by atoms with van der Waals surface area (Å²) >= 11 is 0. The van der Waals surface area contributed by atoms with Crippen LogP contribution in [0.1, 0.15) is 41.6 Å². The number of nitrogens with one attached hydrogen (secondary N) is 2. The topological polar surface area (TPSA) is 88.5 Å². The van der Waals surface area contributed by atoms with Crippen LogP contribution < -0.4 is 15.5 Å². The van der Waals surface area contributed by atoms with Crippen LogP contribution in [0, 0.1) is 11.3 Å². The van der Waals surface area contributed by atoms with Gasteiger partial charge in [-0.25, -0.2) is 4.79 Å². The molecule has 0 saturated carbocycles. The smallest absolute Gasteiger partial charge is 0.323 e. The molecule has 30 heavy (non-hydrogen) atoms. The molecular formula is C23H25N5O2. The lowest BCUT2D eigenvalue weighted by molar-refractivity contribution is 0.0793. The van der Waals surface area contributed by atoms with E-state index in [4.69, 9.17) is 5.26 Å². The molecule has 2 aromatic carbocycles. The second-order valence-electron chi connectivity index (χ2n) is 7.70. The molecule has 7 heteroatoms. The van der Waals surface area contributed by atoms with Crippen molar-refractivity contribution in [3.8, 4) is 6.07 Å². The zero-order chi connectivity index (χ0) is 20.9. The van der Waals surface area contributed by atoms with Gasteiger partial charge in [0.15, 0.2) is 0 Å². The van der Waals surface area contributed by atoms with E-state index in [0.29, 0.717) is 22.5 Å². The average Bonchev–Trinajstić information content (AvgIpc) is 3.47. The Morgan fingerprint density at radius 2 is 1.53 bits per heavy atom. The first-order valence-corrected chi connectivity index (χ1v) is 10.4. The lowest BCUT2D eigenvalue weighted by atomic mass is 10.1. The second kappa shape index (κ2) is 8.87. The number of amides is 3. The molecule has 2 N–H and O–H groups in total. The molecular weight excluding hydrogens is 378 g/mol. The molecule has 2 aromatic rings. The Hall–Kier alpha value is -3.53. The lowest BCUT2D eigenvalue weighted by Crippen LogP contribution is -2.30. The largest absolute Gasteiger partial charge is 0.371 e. The van der Waals surface area contributed by atoms with Crippen LogP contribution in [0.3, 0.4) is 0 Å². The van der Waals surface area contributed by atoms with Crippen molar-refractivity contribution >= 4 is 29.0 Å². The van der Waals surface area contributed by atoms with Crippen LogP contribution in [-0.2, 0) is 0 Å². The molecule has 0 radical (unpaired) electrons. The van der Waals surface area contributed by atoms with E-state index in [1.165, 1.54) is 0 Å². The van der Waals surface area contributed by atoms with Crippen LogP contribution in [0.15, 0.2) is 42.5 Å². The minimum atomic E-state index is -0.418. The average molecular weight is 403 g/mol. The Morgan fingerprint density at radius 3 is 2.23 bits per heavy atom. The van der Waals surface area contributed by atoms with E-state index in [2.05, 4.69) is 21.6 Å². The third-order valence-corrected chi connectivity index (χ3v) is 5.57. The second-order valence-corrected chi connectivity index (χ2v) is 7.70. The van der Waals surface area contributed by atoms with Gasteiger partial charge in [0.05, 0.1) is 17.2 Å². The van der Waals surface area contributed by atoms with Gasteiger partial charge in [-0.2, -0.15) is 5.26 Å². The van der Waals surface area contributed by atoms with Crippen LogP contribution >= 0.6 is 0 Å².